The Bertz CT molecular complexity index is 1340. The van der Waals surface area contributed by atoms with Gasteiger partial charge in [0.25, 0.3) is 11.8 Å². The molecule has 0 saturated carbocycles. The smallest absolute Gasteiger partial charge is 0.258 e. The molecule has 0 saturated heterocycles. The van der Waals surface area contributed by atoms with Crippen molar-refractivity contribution in [3.05, 3.63) is 114 Å². The van der Waals surface area contributed by atoms with Crippen LogP contribution in [0.5, 0.6) is 0 Å². The molecule has 1 aliphatic heterocycles. The molecule has 1 heterocycles. The lowest BCUT2D eigenvalue weighted by atomic mass is 9.98. The van der Waals surface area contributed by atoms with E-state index in [0.29, 0.717) is 29.9 Å². The molecule has 0 unspecified atom stereocenters. The molecule has 34 heavy (non-hydrogen) atoms. The molecule has 4 aromatic rings. The molecule has 2 amide bonds. The predicted octanol–water partition coefficient (Wildman–Crippen LogP) is 5.99. The number of nitrogens with one attached hydrogen (secondary N) is 2. The van der Waals surface area contributed by atoms with Gasteiger partial charge in [-0.15, -0.1) is 0 Å². The third-order valence-corrected chi connectivity index (χ3v) is 6.01. The molecule has 168 valence electrons. The molecule has 0 bridgehead atoms. The zero-order chi connectivity index (χ0) is 23.5. The Labute approximate surface area is 199 Å². The number of fused-ring (bicyclic) bond motifs is 1. The summed E-state index contributed by atoms with van der Waals surface area (Å²) < 4.78 is 0. The van der Waals surface area contributed by atoms with Crippen molar-refractivity contribution in [2.24, 2.45) is 0 Å². The summed E-state index contributed by atoms with van der Waals surface area (Å²) in [4.78, 5) is 28.0. The summed E-state index contributed by atoms with van der Waals surface area (Å²) in [6, 6.07) is 30.6. The van der Waals surface area contributed by atoms with Crippen LogP contribution in [0.25, 0.3) is 11.1 Å². The number of hydrogen-bond acceptors (Lipinski definition) is 3. The first kappa shape index (κ1) is 21.5. The van der Waals surface area contributed by atoms with Crippen LogP contribution in [0.2, 0.25) is 0 Å². The quantitative estimate of drug-likeness (QED) is 0.404. The van der Waals surface area contributed by atoms with Crippen LogP contribution in [-0.2, 0) is 0 Å². The van der Waals surface area contributed by atoms with Gasteiger partial charge in [0.15, 0.2) is 0 Å². The standard InChI is InChI=1S/C29H25N3O2/c1-20-10-12-21(13-11-20)24-6-2-3-7-25(24)28(33)31-23-16-14-22(15-17-23)29(34)32-19-18-30-26-8-4-5-9-27(26)32/h2-17,30H,18-19H2,1H3,(H,31,33). The van der Waals surface area contributed by atoms with Crippen molar-refractivity contribution < 1.29 is 9.59 Å². The van der Waals surface area contributed by atoms with Gasteiger partial charge in [0.1, 0.15) is 0 Å². The van der Waals surface area contributed by atoms with Crippen LogP contribution >= 0.6 is 0 Å². The van der Waals surface area contributed by atoms with Crippen LogP contribution in [-0.4, -0.2) is 24.9 Å². The van der Waals surface area contributed by atoms with Crippen LogP contribution in [0.4, 0.5) is 17.1 Å². The van der Waals surface area contributed by atoms with E-state index in [2.05, 4.69) is 10.6 Å². The third kappa shape index (κ3) is 4.28. The molecule has 2 N–H and O–H groups in total. The second kappa shape index (κ2) is 9.24. The minimum atomic E-state index is -0.189. The first-order valence-corrected chi connectivity index (χ1v) is 11.3. The van der Waals surface area contributed by atoms with E-state index < -0.39 is 0 Å². The molecule has 0 atom stereocenters. The molecule has 0 radical (unpaired) electrons. The number of amides is 2. The number of carbonyl (C=O) groups excluding carboxylic acids is 2. The normalized spacial score (nSPS) is 12.4. The van der Waals surface area contributed by atoms with E-state index in [1.807, 2.05) is 79.7 Å². The summed E-state index contributed by atoms with van der Waals surface area (Å²) in [6.45, 7) is 3.35. The average molecular weight is 448 g/mol. The van der Waals surface area contributed by atoms with E-state index in [4.69, 9.17) is 0 Å². The monoisotopic (exact) mass is 447 g/mol. The van der Waals surface area contributed by atoms with Gasteiger partial charge in [-0.2, -0.15) is 0 Å². The Kier molecular flexibility index (Phi) is 5.83. The Morgan fingerprint density at radius 2 is 1.53 bits per heavy atom. The van der Waals surface area contributed by atoms with Crippen LogP contribution in [0.1, 0.15) is 26.3 Å². The molecule has 0 fully saturated rings. The van der Waals surface area contributed by atoms with E-state index in [0.717, 1.165) is 22.5 Å². The number of aryl methyl sites for hydroxylation is 1. The van der Waals surface area contributed by atoms with Crippen molar-refractivity contribution in [1.82, 2.24) is 0 Å². The summed E-state index contributed by atoms with van der Waals surface area (Å²) in [5, 5.41) is 6.29. The highest BCUT2D eigenvalue weighted by Crippen LogP contribution is 2.30. The third-order valence-electron chi connectivity index (χ3n) is 6.01. The highest BCUT2D eigenvalue weighted by Gasteiger charge is 2.23. The Balaban J connectivity index is 1.33. The summed E-state index contributed by atoms with van der Waals surface area (Å²) in [7, 11) is 0. The second-order valence-corrected chi connectivity index (χ2v) is 8.34. The minimum absolute atomic E-state index is 0.0588. The largest absolute Gasteiger partial charge is 0.382 e. The fourth-order valence-corrected chi connectivity index (χ4v) is 4.21. The highest BCUT2D eigenvalue weighted by molar-refractivity contribution is 6.10. The first-order chi connectivity index (χ1) is 16.6. The zero-order valence-electron chi connectivity index (χ0n) is 18.9. The van der Waals surface area contributed by atoms with Gasteiger partial charge in [-0.3, -0.25) is 9.59 Å². The topological polar surface area (TPSA) is 61.4 Å². The number of hydrogen-bond donors (Lipinski definition) is 2. The van der Waals surface area contributed by atoms with Gasteiger partial charge < -0.3 is 15.5 Å². The molecule has 5 nitrogen and oxygen atoms in total. The molecular weight excluding hydrogens is 422 g/mol. The lowest BCUT2D eigenvalue weighted by Gasteiger charge is -2.30. The van der Waals surface area contributed by atoms with Gasteiger partial charge in [-0.1, -0.05) is 60.2 Å². The number of rotatable bonds is 4. The van der Waals surface area contributed by atoms with E-state index in [1.54, 1.807) is 29.2 Å². The van der Waals surface area contributed by atoms with Crippen molar-refractivity contribution in [3.8, 4) is 11.1 Å². The number of para-hydroxylation sites is 2. The van der Waals surface area contributed by atoms with Gasteiger partial charge in [0.2, 0.25) is 0 Å². The van der Waals surface area contributed by atoms with Crippen LogP contribution < -0.4 is 15.5 Å². The lowest BCUT2D eigenvalue weighted by Crippen LogP contribution is -2.38. The summed E-state index contributed by atoms with van der Waals surface area (Å²) in [5.74, 6) is -0.247. The second-order valence-electron chi connectivity index (χ2n) is 8.34. The van der Waals surface area contributed by atoms with Crippen molar-refractivity contribution in [1.29, 1.82) is 0 Å². The number of nitrogens with zero attached hydrogens (tertiary/aromatic N) is 1. The molecule has 0 aliphatic carbocycles. The van der Waals surface area contributed by atoms with Gasteiger partial charge in [-0.25, -0.2) is 0 Å². The maximum Gasteiger partial charge on any atom is 0.258 e. The van der Waals surface area contributed by atoms with Gasteiger partial charge in [0, 0.05) is 29.9 Å². The Hall–Kier alpha value is -4.38. The van der Waals surface area contributed by atoms with E-state index in [9.17, 15) is 9.59 Å². The summed E-state index contributed by atoms with van der Waals surface area (Å²) in [6.07, 6.45) is 0. The summed E-state index contributed by atoms with van der Waals surface area (Å²) in [5.41, 5.74) is 6.70. The van der Waals surface area contributed by atoms with Gasteiger partial charge in [0.05, 0.1) is 11.4 Å². The Morgan fingerprint density at radius 1 is 0.824 bits per heavy atom. The minimum Gasteiger partial charge on any atom is -0.382 e. The van der Waals surface area contributed by atoms with Crippen molar-refractivity contribution in [2.45, 2.75) is 6.92 Å². The van der Waals surface area contributed by atoms with E-state index in [-0.39, 0.29) is 11.8 Å². The van der Waals surface area contributed by atoms with Gasteiger partial charge >= 0.3 is 0 Å². The fraction of sp³-hybridized carbons (Fsp3) is 0.103. The number of carbonyl (C=O) groups is 2. The van der Waals surface area contributed by atoms with Gasteiger partial charge in [-0.05, 0) is 60.5 Å². The molecule has 4 aromatic carbocycles. The lowest BCUT2D eigenvalue weighted by molar-refractivity contribution is 0.0986. The van der Waals surface area contributed by atoms with E-state index in [1.165, 1.54) is 5.56 Å². The fourth-order valence-electron chi connectivity index (χ4n) is 4.21. The van der Waals surface area contributed by atoms with Crippen LogP contribution in [0, 0.1) is 6.92 Å². The van der Waals surface area contributed by atoms with Crippen molar-refractivity contribution >= 4 is 28.9 Å². The summed E-state index contributed by atoms with van der Waals surface area (Å²) >= 11 is 0. The average Bonchev–Trinajstić information content (AvgIpc) is 2.89. The first-order valence-electron chi connectivity index (χ1n) is 11.3. The number of benzene rings is 4. The molecule has 1 aliphatic rings. The maximum atomic E-state index is 13.2. The predicted molar refractivity (Wildman–Crippen MR) is 138 cm³/mol. The molecule has 0 aromatic heterocycles. The number of anilines is 3. The highest BCUT2D eigenvalue weighted by atomic mass is 16.2. The molecular formula is C29H25N3O2. The Morgan fingerprint density at radius 3 is 2.32 bits per heavy atom. The van der Waals surface area contributed by atoms with Crippen LogP contribution in [0.15, 0.2) is 97.1 Å². The SMILES string of the molecule is Cc1ccc(-c2ccccc2C(=O)Nc2ccc(C(=O)N3CCNc4ccccc43)cc2)cc1. The molecule has 0 spiro atoms. The van der Waals surface area contributed by atoms with E-state index >= 15 is 0 Å². The van der Waals surface area contributed by atoms with Crippen LogP contribution in [0.3, 0.4) is 0 Å². The van der Waals surface area contributed by atoms with Crippen molar-refractivity contribution in [2.75, 3.05) is 28.6 Å². The molecule has 5 heteroatoms. The van der Waals surface area contributed by atoms with Crippen molar-refractivity contribution in [3.63, 3.8) is 0 Å². The zero-order valence-corrected chi connectivity index (χ0v) is 18.9. The molecule has 5 rings (SSSR count). The maximum absolute atomic E-state index is 13.2.